The van der Waals surface area contributed by atoms with E-state index >= 15 is 0 Å². The minimum Gasteiger partial charge on any atom is -0.329 e. The Hall–Kier alpha value is -0.160. The Bertz CT molecular complexity index is 291. The van der Waals surface area contributed by atoms with E-state index in [0.29, 0.717) is 0 Å². The van der Waals surface area contributed by atoms with Crippen LogP contribution in [-0.4, -0.2) is 79.6 Å². The Morgan fingerprint density at radius 1 is 0.952 bits per heavy atom. The summed E-state index contributed by atoms with van der Waals surface area (Å²) >= 11 is 0. The lowest BCUT2D eigenvalue weighted by Crippen LogP contribution is -2.54. The van der Waals surface area contributed by atoms with Gasteiger partial charge >= 0.3 is 0 Å². The second-order valence-corrected chi connectivity index (χ2v) is 7.09. The number of likely N-dealkylation sites (N-methyl/N-ethyl adjacent to an activating group) is 1. The summed E-state index contributed by atoms with van der Waals surface area (Å²) in [4.78, 5) is 7.83. The molecule has 21 heavy (non-hydrogen) atoms. The average Bonchev–Trinajstić information content (AvgIpc) is 2.93. The third kappa shape index (κ3) is 4.65. The molecule has 1 atom stereocenters. The molecule has 0 aromatic rings. The zero-order valence-corrected chi connectivity index (χ0v) is 14.3. The molecule has 2 N–H and O–H groups in total. The zero-order chi connectivity index (χ0) is 15.1. The molecule has 0 spiro atoms. The van der Waals surface area contributed by atoms with Gasteiger partial charge in [0.15, 0.2) is 0 Å². The van der Waals surface area contributed by atoms with Crippen molar-refractivity contribution in [3.8, 4) is 0 Å². The Kier molecular flexibility index (Phi) is 6.93. The van der Waals surface area contributed by atoms with E-state index in [9.17, 15) is 0 Å². The fourth-order valence-electron chi connectivity index (χ4n) is 4.05. The molecule has 0 aromatic heterocycles. The van der Waals surface area contributed by atoms with Crippen molar-refractivity contribution in [2.24, 2.45) is 5.73 Å². The standard InChI is InChI=1S/C17H36N4/c1-3-9-20-12-6-7-17(16-18,8-13-20)19(2)14-15-21-10-4-5-11-21/h3-16,18H2,1-2H3. The third-order valence-electron chi connectivity index (χ3n) is 5.69. The maximum Gasteiger partial charge on any atom is 0.0341 e. The van der Waals surface area contributed by atoms with Gasteiger partial charge in [-0.1, -0.05) is 6.92 Å². The van der Waals surface area contributed by atoms with Crippen LogP contribution in [0.1, 0.15) is 45.4 Å². The van der Waals surface area contributed by atoms with Gasteiger partial charge in [0.05, 0.1) is 0 Å². The molecule has 2 fully saturated rings. The molecule has 2 saturated heterocycles. The van der Waals surface area contributed by atoms with Crippen LogP contribution in [0.25, 0.3) is 0 Å². The molecule has 4 heteroatoms. The number of hydrogen-bond acceptors (Lipinski definition) is 4. The van der Waals surface area contributed by atoms with Gasteiger partial charge in [0.1, 0.15) is 0 Å². The van der Waals surface area contributed by atoms with Crippen LogP contribution >= 0.6 is 0 Å². The third-order valence-corrected chi connectivity index (χ3v) is 5.69. The highest BCUT2D eigenvalue weighted by Gasteiger charge is 2.35. The summed E-state index contributed by atoms with van der Waals surface area (Å²) < 4.78 is 0. The quantitative estimate of drug-likeness (QED) is 0.774. The fraction of sp³-hybridized carbons (Fsp3) is 1.00. The molecule has 124 valence electrons. The highest BCUT2D eigenvalue weighted by Crippen LogP contribution is 2.27. The van der Waals surface area contributed by atoms with Crippen LogP contribution in [0.15, 0.2) is 0 Å². The van der Waals surface area contributed by atoms with Gasteiger partial charge in [-0.25, -0.2) is 0 Å². The second-order valence-electron chi connectivity index (χ2n) is 7.09. The van der Waals surface area contributed by atoms with Crippen LogP contribution in [0.2, 0.25) is 0 Å². The molecule has 0 bridgehead atoms. The first kappa shape index (κ1) is 17.2. The van der Waals surface area contributed by atoms with Gasteiger partial charge in [0, 0.05) is 25.2 Å². The smallest absolute Gasteiger partial charge is 0.0341 e. The van der Waals surface area contributed by atoms with Gasteiger partial charge in [0.2, 0.25) is 0 Å². The Morgan fingerprint density at radius 3 is 2.29 bits per heavy atom. The molecule has 0 aliphatic carbocycles. The number of nitrogens with zero attached hydrogens (tertiary/aromatic N) is 3. The van der Waals surface area contributed by atoms with Crippen molar-refractivity contribution in [2.75, 3.05) is 59.4 Å². The topological polar surface area (TPSA) is 35.7 Å². The molecule has 0 radical (unpaired) electrons. The summed E-state index contributed by atoms with van der Waals surface area (Å²) in [6, 6.07) is 0. The summed E-state index contributed by atoms with van der Waals surface area (Å²) in [5.74, 6) is 0. The molecule has 4 nitrogen and oxygen atoms in total. The molecule has 0 saturated carbocycles. The maximum absolute atomic E-state index is 6.24. The summed E-state index contributed by atoms with van der Waals surface area (Å²) in [5, 5.41) is 0. The number of rotatable bonds is 7. The number of nitrogens with two attached hydrogens (primary N) is 1. The van der Waals surface area contributed by atoms with E-state index in [-0.39, 0.29) is 5.54 Å². The molecule has 2 rings (SSSR count). The van der Waals surface area contributed by atoms with E-state index in [4.69, 9.17) is 5.73 Å². The summed E-state index contributed by atoms with van der Waals surface area (Å²) in [6.45, 7) is 11.8. The van der Waals surface area contributed by atoms with Crippen LogP contribution in [0.3, 0.4) is 0 Å². The molecule has 2 heterocycles. The Morgan fingerprint density at radius 2 is 1.62 bits per heavy atom. The Balaban J connectivity index is 1.86. The first-order valence-corrected chi connectivity index (χ1v) is 9.06. The maximum atomic E-state index is 6.24. The van der Waals surface area contributed by atoms with E-state index in [1.807, 2.05) is 0 Å². The molecule has 2 aliphatic rings. The predicted octanol–water partition coefficient (Wildman–Crippen LogP) is 1.61. The number of likely N-dealkylation sites (tertiary alicyclic amines) is 2. The normalized spacial score (nSPS) is 29.1. The summed E-state index contributed by atoms with van der Waals surface area (Å²) in [5.41, 5.74) is 6.48. The second kappa shape index (κ2) is 8.47. The molecule has 2 aliphatic heterocycles. The molecule has 0 amide bonds. The SMILES string of the molecule is CCCN1CCCC(CN)(N(C)CCN2CCCC2)CC1. The lowest BCUT2D eigenvalue weighted by atomic mass is 9.89. The monoisotopic (exact) mass is 296 g/mol. The van der Waals surface area contributed by atoms with Crippen molar-refractivity contribution in [3.05, 3.63) is 0 Å². The minimum atomic E-state index is 0.238. The van der Waals surface area contributed by atoms with Crippen LogP contribution in [0.5, 0.6) is 0 Å². The van der Waals surface area contributed by atoms with Crippen LogP contribution in [0, 0.1) is 0 Å². The van der Waals surface area contributed by atoms with E-state index < -0.39 is 0 Å². The lowest BCUT2D eigenvalue weighted by Gasteiger charge is -2.41. The van der Waals surface area contributed by atoms with E-state index in [2.05, 4.69) is 28.7 Å². The van der Waals surface area contributed by atoms with Crippen molar-refractivity contribution in [2.45, 2.75) is 51.0 Å². The fourth-order valence-corrected chi connectivity index (χ4v) is 4.05. The van der Waals surface area contributed by atoms with Gasteiger partial charge in [0.25, 0.3) is 0 Å². The van der Waals surface area contributed by atoms with Crippen molar-refractivity contribution < 1.29 is 0 Å². The van der Waals surface area contributed by atoms with Crippen LogP contribution < -0.4 is 5.73 Å². The van der Waals surface area contributed by atoms with Gasteiger partial charge in [-0.2, -0.15) is 0 Å². The van der Waals surface area contributed by atoms with Crippen molar-refractivity contribution >= 4 is 0 Å². The van der Waals surface area contributed by atoms with Crippen molar-refractivity contribution in [1.29, 1.82) is 0 Å². The van der Waals surface area contributed by atoms with Crippen molar-refractivity contribution in [1.82, 2.24) is 14.7 Å². The van der Waals surface area contributed by atoms with Gasteiger partial charge < -0.3 is 15.5 Å². The highest BCUT2D eigenvalue weighted by molar-refractivity contribution is 4.93. The largest absolute Gasteiger partial charge is 0.329 e. The van der Waals surface area contributed by atoms with Gasteiger partial charge in [-0.05, 0) is 78.3 Å². The summed E-state index contributed by atoms with van der Waals surface area (Å²) in [7, 11) is 2.30. The van der Waals surface area contributed by atoms with Crippen LogP contribution in [-0.2, 0) is 0 Å². The van der Waals surface area contributed by atoms with Crippen molar-refractivity contribution in [3.63, 3.8) is 0 Å². The molecule has 0 aromatic carbocycles. The van der Waals surface area contributed by atoms with E-state index in [1.54, 1.807) is 0 Å². The molecular weight excluding hydrogens is 260 g/mol. The van der Waals surface area contributed by atoms with Gasteiger partial charge in [-0.15, -0.1) is 0 Å². The highest BCUT2D eigenvalue weighted by atomic mass is 15.2. The van der Waals surface area contributed by atoms with Gasteiger partial charge in [-0.3, -0.25) is 4.90 Å². The average molecular weight is 297 g/mol. The lowest BCUT2D eigenvalue weighted by molar-refractivity contribution is 0.0955. The summed E-state index contributed by atoms with van der Waals surface area (Å²) in [6.07, 6.45) is 7.83. The predicted molar refractivity (Wildman–Crippen MR) is 90.7 cm³/mol. The molecule has 1 unspecified atom stereocenters. The number of hydrogen-bond donors (Lipinski definition) is 1. The Labute approximate surface area is 131 Å². The van der Waals surface area contributed by atoms with E-state index in [1.165, 1.54) is 84.3 Å². The zero-order valence-electron chi connectivity index (χ0n) is 14.3. The van der Waals surface area contributed by atoms with Crippen LogP contribution in [0.4, 0.5) is 0 Å². The first-order valence-electron chi connectivity index (χ1n) is 9.06. The molecular formula is C17H36N4. The minimum absolute atomic E-state index is 0.238. The van der Waals surface area contributed by atoms with E-state index in [0.717, 1.165) is 6.54 Å². The first-order chi connectivity index (χ1) is 10.2.